The van der Waals surface area contributed by atoms with Gasteiger partial charge in [-0.1, -0.05) is 0 Å². The number of rotatable bonds is 0. The van der Waals surface area contributed by atoms with Gasteiger partial charge in [-0.25, -0.2) is 14.4 Å². The number of H-pyrrole nitrogens is 2. The second-order valence-corrected chi connectivity index (χ2v) is 2.64. The quantitative estimate of drug-likeness (QED) is 0.402. The number of hydrogen-bond acceptors (Lipinski definition) is 3. The molecule has 1 aromatic heterocycles. The van der Waals surface area contributed by atoms with Crippen LogP contribution < -0.4 is 17.1 Å². The standard InChI is InChI=1S/C3H5N3O3Si.H4Si/c7-1-4-2(8)6(10)3(9)5-1;/h10H3,(H2,4,5,7,8,9);1H4. The molecule has 2 N–H and O–H groups in total. The van der Waals surface area contributed by atoms with Gasteiger partial charge in [0.05, 0.1) is 0 Å². The first-order chi connectivity index (χ1) is 4.61. The highest BCUT2D eigenvalue weighted by molar-refractivity contribution is 6.06. The maximum Gasteiger partial charge on any atom is 0.330 e. The number of nitrogens with one attached hydrogen (secondary N) is 2. The van der Waals surface area contributed by atoms with Gasteiger partial charge in [-0.2, -0.15) is 0 Å². The fourth-order valence-electron chi connectivity index (χ4n) is 0.485. The third-order valence-corrected chi connectivity index (χ3v) is 1.86. The SMILES string of the molecule is O=c1[nH]c(=O)n([SiH3])c(=O)[nH]1.[SiH4]. The van der Waals surface area contributed by atoms with E-state index >= 15 is 0 Å². The van der Waals surface area contributed by atoms with Crippen LogP contribution in [0.15, 0.2) is 14.4 Å². The Morgan fingerprint density at radius 1 is 1.09 bits per heavy atom. The normalized spacial score (nSPS) is 9.09. The molecule has 0 aliphatic heterocycles. The molecule has 0 bridgehead atoms. The highest BCUT2D eigenvalue weighted by atomic mass is 28.2. The van der Waals surface area contributed by atoms with Crippen molar-refractivity contribution < 1.29 is 0 Å². The van der Waals surface area contributed by atoms with E-state index in [0.717, 1.165) is 4.23 Å². The van der Waals surface area contributed by atoms with Crippen LogP contribution >= 0.6 is 0 Å². The molecule has 1 aromatic rings. The second-order valence-electron chi connectivity index (χ2n) is 1.75. The summed E-state index contributed by atoms with van der Waals surface area (Å²) in [6.45, 7) is 0. The van der Waals surface area contributed by atoms with Crippen LogP contribution in [0.1, 0.15) is 0 Å². The lowest BCUT2D eigenvalue weighted by Crippen LogP contribution is -2.42. The van der Waals surface area contributed by atoms with E-state index in [0.29, 0.717) is 0 Å². The summed E-state index contributed by atoms with van der Waals surface area (Å²) < 4.78 is 0.904. The van der Waals surface area contributed by atoms with Gasteiger partial charge in [0.25, 0.3) is 0 Å². The van der Waals surface area contributed by atoms with Crippen molar-refractivity contribution in [3.05, 3.63) is 31.5 Å². The molecule has 0 fully saturated rings. The number of hydrogen-bond donors (Lipinski definition) is 2. The predicted octanol–water partition coefficient (Wildman–Crippen LogP) is -5.10. The molecule has 1 heterocycles. The molecule has 0 aliphatic rings. The van der Waals surface area contributed by atoms with E-state index in [-0.39, 0.29) is 21.4 Å². The van der Waals surface area contributed by atoms with Crippen LogP contribution in [0.5, 0.6) is 0 Å². The van der Waals surface area contributed by atoms with Gasteiger partial charge < -0.3 is 0 Å². The van der Waals surface area contributed by atoms with Crippen molar-refractivity contribution in [3.8, 4) is 0 Å². The fourth-order valence-corrected chi connectivity index (χ4v) is 0.709. The van der Waals surface area contributed by atoms with E-state index in [4.69, 9.17) is 0 Å². The number of aromatic amines is 2. The van der Waals surface area contributed by atoms with Crippen LogP contribution in [-0.2, 0) is 0 Å². The van der Waals surface area contributed by atoms with E-state index in [2.05, 4.69) is 0 Å². The van der Waals surface area contributed by atoms with Crippen LogP contribution in [0.4, 0.5) is 0 Å². The zero-order valence-corrected chi connectivity index (χ0v) is 7.17. The number of aromatic nitrogens is 3. The van der Waals surface area contributed by atoms with Crippen molar-refractivity contribution in [1.29, 1.82) is 0 Å². The van der Waals surface area contributed by atoms with Crippen LogP contribution in [0, 0.1) is 0 Å². The van der Waals surface area contributed by atoms with Gasteiger partial charge in [0.2, 0.25) is 0 Å². The van der Waals surface area contributed by atoms with Gasteiger partial charge in [0.15, 0.2) is 0 Å². The zero-order chi connectivity index (χ0) is 7.72. The van der Waals surface area contributed by atoms with Crippen LogP contribution in [-0.4, -0.2) is 35.6 Å². The van der Waals surface area contributed by atoms with Crippen molar-refractivity contribution in [2.75, 3.05) is 0 Å². The summed E-state index contributed by atoms with van der Waals surface area (Å²) in [5.74, 6) is 0. The topological polar surface area (TPSA) is 87.7 Å². The molecule has 0 spiro atoms. The molecule has 0 saturated carbocycles. The summed E-state index contributed by atoms with van der Waals surface area (Å²) in [4.78, 5) is 35.3. The predicted molar refractivity (Wildman–Crippen MR) is 48.6 cm³/mol. The van der Waals surface area contributed by atoms with Gasteiger partial charge in [-0.05, 0) is 11.0 Å². The smallest absolute Gasteiger partial charge is 0.285 e. The summed E-state index contributed by atoms with van der Waals surface area (Å²) in [6.07, 6.45) is 0. The van der Waals surface area contributed by atoms with Crippen molar-refractivity contribution in [1.82, 2.24) is 14.2 Å². The molecule has 0 atom stereocenters. The van der Waals surface area contributed by atoms with Crippen LogP contribution in [0.25, 0.3) is 0 Å². The van der Waals surface area contributed by atoms with Crippen molar-refractivity contribution in [2.24, 2.45) is 0 Å². The summed E-state index contributed by atoms with van der Waals surface area (Å²) >= 11 is 0. The zero-order valence-electron chi connectivity index (χ0n) is 5.17. The largest absolute Gasteiger partial charge is 0.330 e. The monoisotopic (exact) mass is 191 g/mol. The Kier molecular flexibility index (Phi) is 2.95. The highest BCUT2D eigenvalue weighted by Gasteiger charge is 1.93. The third-order valence-electron chi connectivity index (χ3n) is 1.05. The Bertz CT molecular complexity index is 367. The van der Waals surface area contributed by atoms with Crippen LogP contribution in [0.3, 0.4) is 0 Å². The fraction of sp³-hybridized carbons (Fsp3) is 0. The molecule has 8 heteroatoms. The Morgan fingerprint density at radius 2 is 1.45 bits per heavy atom. The maximum absolute atomic E-state index is 10.6. The molecule has 0 amide bonds. The minimum Gasteiger partial charge on any atom is -0.285 e. The highest BCUT2D eigenvalue weighted by Crippen LogP contribution is 1.41. The minimum absolute atomic E-state index is 0. The van der Waals surface area contributed by atoms with Crippen molar-refractivity contribution >= 4 is 21.4 Å². The third kappa shape index (κ3) is 1.88. The summed E-state index contributed by atoms with van der Waals surface area (Å²) in [6, 6.07) is 0. The van der Waals surface area contributed by atoms with Gasteiger partial charge in [0.1, 0.15) is 10.4 Å². The Labute approximate surface area is 67.8 Å². The molecule has 0 aliphatic carbocycles. The van der Waals surface area contributed by atoms with Crippen LogP contribution in [0.2, 0.25) is 0 Å². The first-order valence-electron chi connectivity index (χ1n) is 2.51. The summed E-state index contributed by atoms with van der Waals surface area (Å²) in [5, 5.41) is 0. The van der Waals surface area contributed by atoms with Crippen molar-refractivity contribution in [3.63, 3.8) is 0 Å². The average Bonchev–Trinajstić information content (AvgIpc) is 1.82. The Balaban J connectivity index is 0.000001000. The number of nitrogens with zero attached hydrogens (tertiary/aromatic N) is 1. The minimum atomic E-state index is -0.762. The molecular weight excluding hydrogens is 182 g/mol. The molecule has 0 radical (unpaired) electrons. The van der Waals surface area contributed by atoms with Crippen molar-refractivity contribution in [2.45, 2.75) is 0 Å². The van der Waals surface area contributed by atoms with Gasteiger partial charge in [-0.3, -0.25) is 14.2 Å². The Hall–Kier alpha value is -1.16. The van der Waals surface area contributed by atoms with E-state index < -0.39 is 17.1 Å². The summed E-state index contributed by atoms with van der Waals surface area (Å²) in [7, 11) is 0.267. The van der Waals surface area contributed by atoms with E-state index in [1.165, 1.54) is 0 Å². The molecule has 62 valence electrons. The molecular formula is C3H9N3O3Si2. The lowest BCUT2D eigenvalue weighted by atomic mass is 11.0. The molecule has 11 heavy (non-hydrogen) atoms. The molecule has 0 saturated heterocycles. The first kappa shape index (κ1) is 9.84. The molecule has 6 nitrogen and oxygen atoms in total. The van der Waals surface area contributed by atoms with E-state index in [9.17, 15) is 14.4 Å². The van der Waals surface area contributed by atoms with E-state index in [1.807, 2.05) is 9.97 Å². The lowest BCUT2D eigenvalue weighted by molar-refractivity contribution is 0.842. The maximum atomic E-state index is 10.6. The van der Waals surface area contributed by atoms with E-state index in [1.54, 1.807) is 0 Å². The average molecular weight is 191 g/mol. The summed E-state index contributed by atoms with van der Waals surface area (Å²) in [5.41, 5.74) is -2.07. The van der Waals surface area contributed by atoms with Gasteiger partial charge in [0, 0.05) is 0 Å². The Morgan fingerprint density at radius 3 is 1.82 bits per heavy atom. The molecule has 0 unspecified atom stereocenters. The van der Waals surface area contributed by atoms with Gasteiger partial charge >= 0.3 is 17.1 Å². The second kappa shape index (κ2) is 3.30. The molecule has 0 aromatic carbocycles. The lowest BCUT2D eigenvalue weighted by Gasteiger charge is -1.89. The van der Waals surface area contributed by atoms with Gasteiger partial charge in [-0.15, -0.1) is 0 Å². The first-order valence-corrected chi connectivity index (χ1v) is 3.40. The molecule has 1 rings (SSSR count).